The van der Waals surface area contributed by atoms with Crippen LogP contribution in [0.15, 0.2) is 0 Å². The van der Waals surface area contributed by atoms with Crippen LogP contribution in [0.2, 0.25) is 0 Å². The maximum absolute atomic E-state index is 11.7. The standard InChI is InChI=1S/C16H32N2O3S/c1-3-7-18(15-6-10-22(20,21)13-15)12-16(19)11-17-8-4-14(2)5-9-17/h14-16,19H,3-13H2,1-2H3. The molecule has 2 unspecified atom stereocenters. The number of aliphatic hydroxyl groups excluding tert-OH is 1. The zero-order valence-electron chi connectivity index (χ0n) is 14.1. The maximum atomic E-state index is 11.7. The summed E-state index contributed by atoms with van der Waals surface area (Å²) in [4.78, 5) is 4.54. The van der Waals surface area contributed by atoms with Crippen LogP contribution in [-0.2, 0) is 9.84 Å². The molecule has 0 aromatic carbocycles. The third-order valence-electron chi connectivity index (χ3n) is 5.03. The van der Waals surface area contributed by atoms with Crippen molar-refractivity contribution in [2.24, 2.45) is 5.92 Å². The smallest absolute Gasteiger partial charge is 0.151 e. The molecule has 22 heavy (non-hydrogen) atoms. The van der Waals surface area contributed by atoms with Gasteiger partial charge in [-0.15, -0.1) is 0 Å². The predicted octanol–water partition coefficient (Wildman–Crippen LogP) is 0.978. The molecule has 5 nitrogen and oxygen atoms in total. The molecule has 130 valence electrons. The fourth-order valence-corrected chi connectivity index (χ4v) is 5.41. The van der Waals surface area contributed by atoms with Crippen LogP contribution in [-0.4, -0.2) is 79.7 Å². The Labute approximate surface area is 135 Å². The van der Waals surface area contributed by atoms with Gasteiger partial charge in [-0.3, -0.25) is 4.90 Å². The first-order valence-corrected chi connectivity index (χ1v) is 10.6. The Kier molecular flexibility index (Phi) is 6.68. The predicted molar refractivity (Wildman–Crippen MR) is 89.8 cm³/mol. The van der Waals surface area contributed by atoms with Gasteiger partial charge in [0.15, 0.2) is 9.84 Å². The van der Waals surface area contributed by atoms with Gasteiger partial charge in [0.25, 0.3) is 0 Å². The lowest BCUT2D eigenvalue weighted by atomic mass is 9.99. The van der Waals surface area contributed by atoms with E-state index in [0.29, 0.717) is 18.8 Å². The molecule has 0 spiro atoms. The molecule has 0 aliphatic carbocycles. The number of nitrogens with zero attached hydrogens (tertiary/aromatic N) is 2. The lowest BCUT2D eigenvalue weighted by Gasteiger charge is -2.34. The minimum Gasteiger partial charge on any atom is -0.390 e. The highest BCUT2D eigenvalue weighted by atomic mass is 32.2. The van der Waals surface area contributed by atoms with Crippen LogP contribution in [0, 0.1) is 5.92 Å². The largest absolute Gasteiger partial charge is 0.390 e. The number of hydrogen-bond donors (Lipinski definition) is 1. The second kappa shape index (κ2) is 8.08. The highest BCUT2D eigenvalue weighted by Crippen LogP contribution is 2.19. The molecule has 2 rings (SSSR count). The first kappa shape index (κ1) is 18.2. The highest BCUT2D eigenvalue weighted by Gasteiger charge is 2.32. The van der Waals surface area contributed by atoms with Crippen LogP contribution in [0.1, 0.15) is 39.5 Å². The van der Waals surface area contributed by atoms with E-state index in [-0.39, 0.29) is 17.9 Å². The average molecular weight is 333 g/mol. The van der Waals surface area contributed by atoms with Crippen LogP contribution >= 0.6 is 0 Å². The molecule has 2 atom stereocenters. The van der Waals surface area contributed by atoms with Gasteiger partial charge in [0, 0.05) is 19.1 Å². The number of piperidine rings is 1. The molecule has 0 aromatic rings. The number of likely N-dealkylation sites (tertiary alicyclic amines) is 1. The highest BCUT2D eigenvalue weighted by molar-refractivity contribution is 7.91. The summed E-state index contributed by atoms with van der Waals surface area (Å²) in [7, 11) is -2.86. The molecule has 0 radical (unpaired) electrons. The Morgan fingerprint density at radius 1 is 1.27 bits per heavy atom. The van der Waals surface area contributed by atoms with Crippen LogP contribution < -0.4 is 0 Å². The second-order valence-corrected chi connectivity index (χ2v) is 9.42. The van der Waals surface area contributed by atoms with E-state index in [1.54, 1.807) is 0 Å². The molecule has 0 amide bonds. The number of hydrogen-bond acceptors (Lipinski definition) is 5. The van der Waals surface area contributed by atoms with Crippen LogP contribution in [0.4, 0.5) is 0 Å². The van der Waals surface area contributed by atoms with E-state index in [9.17, 15) is 13.5 Å². The molecule has 2 aliphatic heterocycles. The molecular formula is C16H32N2O3S. The second-order valence-electron chi connectivity index (χ2n) is 7.19. The van der Waals surface area contributed by atoms with Gasteiger partial charge in [-0.1, -0.05) is 13.8 Å². The number of sulfone groups is 1. The quantitative estimate of drug-likeness (QED) is 0.753. The first-order valence-electron chi connectivity index (χ1n) is 8.74. The Bertz CT molecular complexity index is 433. The number of aliphatic hydroxyl groups is 1. The van der Waals surface area contributed by atoms with Gasteiger partial charge < -0.3 is 10.0 Å². The Morgan fingerprint density at radius 2 is 1.95 bits per heavy atom. The third kappa shape index (κ3) is 5.48. The lowest BCUT2D eigenvalue weighted by Crippen LogP contribution is -2.46. The van der Waals surface area contributed by atoms with Crippen molar-refractivity contribution >= 4 is 9.84 Å². The molecule has 1 N–H and O–H groups in total. The van der Waals surface area contributed by atoms with Crippen molar-refractivity contribution in [3.8, 4) is 0 Å². The summed E-state index contributed by atoms with van der Waals surface area (Å²) in [6.45, 7) is 8.72. The Morgan fingerprint density at radius 3 is 2.50 bits per heavy atom. The fraction of sp³-hybridized carbons (Fsp3) is 1.00. The average Bonchev–Trinajstić information content (AvgIpc) is 2.81. The van der Waals surface area contributed by atoms with E-state index >= 15 is 0 Å². The fourth-order valence-electron chi connectivity index (χ4n) is 3.64. The molecular weight excluding hydrogens is 300 g/mol. The first-order chi connectivity index (χ1) is 10.4. The van der Waals surface area contributed by atoms with Crippen molar-refractivity contribution < 1.29 is 13.5 Å². The molecule has 0 bridgehead atoms. The van der Waals surface area contributed by atoms with Gasteiger partial charge in [0.1, 0.15) is 0 Å². The van der Waals surface area contributed by atoms with Gasteiger partial charge in [-0.25, -0.2) is 8.42 Å². The van der Waals surface area contributed by atoms with Crippen molar-refractivity contribution in [2.75, 3.05) is 44.2 Å². The minimum absolute atomic E-state index is 0.0981. The van der Waals surface area contributed by atoms with Crippen molar-refractivity contribution in [3.05, 3.63) is 0 Å². The third-order valence-corrected chi connectivity index (χ3v) is 6.78. The number of β-amino-alcohol motifs (C(OH)–C–C–N with tert-alkyl or cyclic N) is 1. The molecule has 6 heteroatoms. The Balaban J connectivity index is 1.82. The lowest BCUT2D eigenvalue weighted by molar-refractivity contribution is 0.0509. The zero-order valence-corrected chi connectivity index (χ0v) is 14.9. The number of rotatable bonds is 7. The summed E-state index contributed by atoms with van der Waals surface area (Å²) < 4.78 is 23.4. The summed E-state index contributed by atoms with van der Waals surface area (Å²) in [6, 6.07) is 0.0981. The Hall–Kier alpha value is -0.170. The van der Waals surface area contributed by atoms with Crippen LogP contribution in [0.5, 0.6) is 0 Å². The summed E-state index contributed by atoms with van der Waals surface area (Å²) in [6.07, 6.45) is 3.75. The van der Waals surface area contributed by atoms with Gasteiger partial charge in [-0.2, -0.15) is 0 Å². The molecule has 2 fully saturated rings. The van der Waals surface area contributed by atoms with E-state index in [4.69, 9.17) is 0 Å². The van der Waals surface area contributed by atoms with Gasteiger partial charge in [0.2, 0.25) is 0 Å². The summed E-state index contributed by atoms with van der Waals surface area (Å²) >= 11 is 0. The normalized spacial score (nSPS) is 28.3. The molecule has 0 saturated carbocycles. The summed E-state index contributed by atoms with van der Waals surface area (Å²) in [5.74, 6) is 1.37. The monoisotopic (exact) mass is 332 g/mol. The van der Waals surface area contributed by atoms with E-state index in [2.05, 4.69) is 23.6 Å². The van der Waals surface area contributed by atoms with E-state index < -0.39 is 9.84 Å². The van der Waals surface area contributed by atoms with E-state index in [1.807, 2.05) is 0 Å². The topological polar surface area (TPSA) is 60.9 Å². The van der Waals surface area contributed by atoms with Crippen molar-refractivity contribution in [2.45, 2.75) is 51.7 Å². The molecule has 2 saturated heterocycles. The van der Waals surface area contributed by atoms with Crippen molar-refractivity contribution in [1.82, 2.24) is 9.80 Å². The minimum atomic E-state index is -2.86. The van der Waals surface area contributed by atoms with Crippen LogP contribution in [0.25, 0.3) is 0 Å². The van der Waals surface area contributed by atoms with Crippen molar-refractivity contribution in [3.63, 3.8) is 0 Å². The molecule has 0 aromatic heterocycles. The van der Waals surface area contributed by atoms with Gasteiger partial charge in [0.05, 0.1) is 17.6 Å². The van der Waals surface area contributed by atoms with Crippen molar-refractivity contribution in [1.29, 1.82) is 0 Å². The van der Waals surface area contributed by atoms with Gasteiger partial charge in [-0.05, 0) is 51.2 Å². The molecule has 2 heterocycles. The van der Waals surface area contributed by atoms with E-state index in [0.717, 1.165) is 38.4 Å². The molecule has 2 aliphatic rings. The van der Waals surface area contributed by atoms with Gasteiger partial charge >= 0.3 is 0 Å². The van der Waals surface area contributed by atoms with Crippen LogP contribution in [0.3, 0.4) is 0 Å². The van der Waals surface area contributed by atoms with E-state index in [1.165, 1.54) is 12.8 Å². The maximum Gasteiger partial charge on any atom is 0.151 e. The SMILES string of the molecule is CCCN(CC(O)CN1CCC(C)CC1)C1CCS(=O)(=O)C1. The summed E-state index contributed by atoms with van der Waals surface area (Å²) in [5.41, 5.74) is 0. The zero-order chi connectivity index (χ0) is 16.2. The summed E-state index contributed by atoms with van der Waals surface area (Å²) in [5, 5.41) is 10.4.